The largest absolute Gasteiger partial charge is 0.496 e. The topological polar surface area (TPSA) is 67.4 Å². The quantitative estimate of drug-likeness (QED) is 0.891. The Balaban J connectivity index is 2.03. The van der Waals surface area contributed by atoms with E-state index in [2.05, 4.69) is 10.6 Å². The SMILES string of the molecule is COc1csc(C(=O)NC(C)(C)C(=O)Nc2ccccc2)c1. The number of benzene rings is 1. The molecule has 0 aliphatic carbocycles. The number of para-hydroxylation sites is 1. The Bertz CT molecular complexity index is 665. The van der Waals surface area contributed by atoms with Crippen LogP contribution in [0.2, 0.25) is 0 Å². The van der Waals surface area contributed by atoms with E-state index in [1.54, 1.807) is 44.5 Å². The molecule has 6 heteroatoms. The number of carbonyl (C=O) groups excluding carboxylic acids is 2. The molecule has 0 radical (unpaired) electrons. The van der Waals surface area contributed by atoms with Crippen LogP contribution in [-0.2, 0) is 4.79 Å². The molecule has 2 N–H and O–H groups in total. The van der Waals surface area contributed by atoms with Gasteiger partial charge < -0.3 is 15.4 Å². The van der Waals surface area contributed by atoms with Crippen LogP contribution < -0.4 is 15.4 Å². The average Bonchev–Trinajstić information content (AvgIpc) is 2.97. The van der Waals surface area contributed by atoms with Crippen molar-refractivity contribution in [3.8, 4) is 5.75 Å². The van der Waals surface area contributed by atoms with E-state index in [-0.39, 0.29) is 11.8 Å². The summed E-state index contributed by atoms with van der Waals surface area (Å²) in [6.45, 7) is 3.32. The van der Waals surface area contributed by atoms with E-state index in [1.807, 2.05) is 18.2 Å². The molecule has 0 saturated carbocycles. The van der Waals surface area contributed by atoms with Crippen molar-refractivity contribution in [3.05, 3.63) is 46.7 Å². The molecule has 1 aromatic carbocycles. The number of nitrogens with one attached hydrogen (secondary N) is 2. The highest BCUT2D eigenvalue weighted by Gasteiger charge is 2.30. The molecule has 2 rings (SSSR count). The Hall–Kier alpha value is -2.34. The zero-order valence-corrected chi connectivity index (χ0v) is 13.5. The minimum absolute atomic E-state index is 0.282. The first-order valence-electron chi connectivity index (χ1n) is 6.74. The summed E-state index contributed by atoms with van der Waals surface area (Å²) >= 11 is 1.27. The van der Waals surface area contributed by atoms with E-state index < -0.39 is 5.54 Å². The highest BCUT2D eigenvalue weighted by Crippen LogP contribution is 2.21. The number of rotatable bonds is 5. The van der Waals surface area contributed by atoms with Gasteiger partial charge in [-0.3, -0.25) is 9.59 Å². The second-order valence-electron chi connectivity index (χ2n) is 5.25. The average molecular weight is 318 g/mol. The number of methoxy groups -OCH3 is 1. The highest BCUT2D eigenvalue weighted by atomic mass is 32.1. The van der Waals surface area contributed by atoms with Crippen LogP contribution in [0.4, 0.5) is 5.69 Å². The molecule has 0 spiro atoms. The first-order valence-corrected chi connectivity index (χ1v) is 7.62. The molecular formula is C16H18N2O3S. The Morgan fingerprint density at radius 1 is 1.18 bits per heavy atom. The molecule has 5 nitrogen and oxygen atoms in total. The molecule has 2 amide bonds. The van der Waals surface area contributed by atoms with Gasteiger partial charge >= 0.3 is 0 Å². The second kappa shape index (κ2) is 6.62. The maximum Gasteiger partial charge on any atom is 0.262 e. The molecule has 2 aromatic rings. The minimum Gasteiger partial charge on any atom is -0.496 e. The van der Waals surface area contributed by atoms with Gasteiger partial charge in [0.25, 0.3) is 5.91 Å². The first-order chi connectivity index (χ1) is 10.4. The van der Waals surface area contributed by atoms with Crippen LogP contribution in [0, 0.1) is 0 Å². The van der Waals surface area contributed by atoms with E-state index in [0.29, 0.717) is 16.3 Å². The van der Waals surface area contributed by atoms with Crippen molar-refractivity contribution in [2.75, 3.05) is 12.4 Å². The predicted molar refractivity (Wildman–Crippen MR) is 87.5 cm³/mol. The fraction of sp³-hybridized carbons (Fsp3) is 0.250. The van der Waals surface area contributed by atoms with E-state index in [1.165, 1.54) is 11.3 Å². The minimum atomic E-state index is -1.04. The van der Waals surface area contributed by atoms with Crippen molar-refractivity contribution in [1.82, 2.24) is 5.32 Å². The summed E-state index contributed by atoms with van der Waals surface area (Å²) in [5, 5.41) is 7.26. The summed E-state index contributed by atoms with van der Waals surface area (Å²) in [5.74, 6) is 0.0405. The van der Waals surface area contributed by atoms with Crippen molar-refractivity contribution in [3.63, 3.8) is 0 Å². The third-order valence-corrected chi connectivity index (χ3v) is 3.97. The lowest BCUT2D eigenvalue weighted by atomic mass is 10.0. The van der Waals surface area contributed by atoms with Crippen LogP contribution in [0.3, 0.4) is 0 Å². The van der Waals surface area contributed by atoms with Gasteiger partial charge in [0.15, 0.2) is 0 Å². The van der Waals surface area contributed by atoms with Gasteiger partial charge in [0.1, 0.15) is 11.3 Å². The van der Waals surface area contributed by atoms with E-state index >= 15 is 0 Å². The van der Waals surface area contributed by atoms with E-state index in [4.69, 9.17) is 4.74 Å². The van der Waals surface area contributed by atoms with Crippen molar-refractivity contribution >= 4 is 28.8 Å². The maximum absolute atomic E-state index is 12.3. The van der Waals surface area contributed by atoms with Crippen LogP contribution in [0.15, 0.2) is 41.8 Å². The molecule has 0 bridgehead atoms. The Morgan fingerprint density at radius 3 is 2.45 bits per heavy atom. The van der Waals surface area contributed by atoms with E-state index in [0.717, 1.165) is 0 Å². The Labute approximate surface area is 133 Å². The van der Waals surface area contributed by atoms with Gasteiger partial charge in [0.05, 0.1) is 12.0 Å². The summed E-state index contributed by atoms with van der Waals surface area (Å²) in [7, 11) is 1.54. The lowest BCUT2D eigenvalue weighted by molar-refractivity contribution is -0.120. The standard InChI is InChI=1S/C16H18N2O3S/c1-16(2,15(20)17-11-7-5-4-6-8-11)18-14(19)13-9-12(21-3)10-22-13/h4-10H,1-3H3,(H,17,20)(H,18,19). The molecule has 22 heavy (non-hydrogen) atoms. The van der Waals surface area contributed by atoms with Gasteiger partial charge in [-0.1, -0.05) is 18.2 Å². The molecule has 0 aliphatic heterocycles. The predicted octanol–water partition coefficient (Wildman–Crippen LogP) is 2.90. The van der Waals surface area contributed by atoms with Crippen LogP contribution in [0.5, 0.6) is 5.75 Å². The zero-order valence-electron chi connectivity index (χ0n) is 12.7. The molecule has 1 aromatic heterocycles. The Kier molecular flexibility index (Phi) is 4.82. The molecule has 1 heterocycles. The number of hydrogen-bond donors (Lipinski definition) is 2. The fourth-order valence-electron chi connectivity index (χ4n) is 1.76. The van der Waals surface area contributed by atoms with Gasteiger partial charge in [-0.2, -0.15) is 0 Å². The molecule has 0 unspecified atom stereocenters. The van der Waals surface area contributed by atoms with Crippen LogP contribution in [0.25, 0.3) is 0 Å². The third kappa shape index (κ3) is 3.85. The third-order valence-electron chi connectivity index (χ3n) is 3.06. The number of thiophene rings is 1. The van der Waals surface area contributed by atoms with Crippen LogP contribution >= 0.6 is 11.3 Å². The lowest BCUT2D eigenvalue weighted by Crippen LogP contribution is -2.52. The monoisotopic (exact) mass is 318 g/mol. The molecule has 0 aliphatic rings. The molecule has 0 saturated heterocycles. The van der Waals surface area contributed by atoms with Gasteiger partial charge in [0.2, 0.25) is 5.91 Å². The number of amides is 2. The first kappa shape index (κ1) is 16.0. The van der Waals surface area contributed by atoms with Gasteiger partial charge in [-0.25, -0.2) is 0 Å². The molecule has 116 valence electrons. The van der Waals surface area contributed by atoms with Gasteiger partial charge in [-0.15, -0.1) is 11.3 Å². The molecule has 0 atom stereocenters. The summed E-state index contributed by atoms with van der Waals surface area (Å²) in [5.41, 5.74) is -0.350. The Morgan fingerprint density at radius 2 is 1.86 bits per heavy atom. The fourth-order valence-corrected chi connectivity index (χ4v) is 2.51. The summed E-state index contributed by atoms with van der Waals surface area (Å²) in [6.07, 6.45) is 0. The summed E-state index contributed by atoms with van der Waals surface area (Å²) in [6, 6.07) is 10.8. The summed E-state index contributed by atoms with van der Waals surface area (Å²) < 4.78 is 5.05. The molecular weight excluding hydrogens is 300 g/mol. The van der Waals surface area contributed by atoms with Crippen molar-refractivity contribution in [1.29, 1.82) is 0 Å². The van der Waals surface area contributed by atoms with Gasteiger partial charge in [0, 0.05) is 17.1 Å². The zero-order chi connectivity index (χ0) is 16.2. The number of ether oxygens (including phenoxy) is 1. The van der Waals surface area contributed by atoms with Crippen molar-refractivity contribution in [2.24, 2.45) is 0 Å². The second-order valence-corrected chi connectivity index (χ2v) is 6.16. The summed E-state index contributed by atoms with van der Waals surface area (Å²) in [4.78, 5) is 25.0. The maximum atomic E-state index is 12.3. The van der Waals surface area contributed by atoms with Crippen LogP contribution in [0.1, 0.15) is 23.5 Å². The molecule has 0 fully saturated rings. The van der Waals surface area contributed by atoms with Crippen molar-refractivity contribution < 1.29 is 14.3 Å². The number of anilines is 1. The van der Waals surface area contributed by atoms with Gasteiger partial charge in [-0.05, 0) is 26.0 Å². The van der Waals surface area contributed by atoms with Crippen LogP contribution in [-0.4, -0.2) is 24.5 Å². The number of carbonyl (C=O) groups is 2. The smallest absolute Gasteiger partial charge is 0.262 e. The highest BCUT2D eigenvalue weighted by molar-refractivity contribution is 7.12. The van der Waals surface area contributed by atoms with Crippen molar-refractivity contribution in [2.45, 2.75) is 19.4 Å². The normalized spacial score (nSPS) is 10.9. The van der Waals surface area contributed by atoms with E-state index in [9.17, 15) is 9.59 Å². The lowest BCUT2D eigenvalue weighted by Gasteiger charge is -2.24. The number of hydrogen-bond acceptors (Lipinski definition) is 4.